The Balaban J connectivity index is 0.00000162. The molecule has 0 aromatic heterocycles. The molecule has 0 bridgehead atoms. The van der Waals surface area contributed by atoms with E-state index in [1.54, 1.807) is 19.2 Å². The largest absolute Gasteiger partial charge is 0.348 e. The van der Waals surface area contributed by atoms with Gasteiger partial charge < -0.3 is 10.6 Å². The molecule has 3 nitrogen and oxygen atoms in total. The number of fused-ring (bicyclic) bond motifs is 1. The van der Waals surface area contributed by atoms with E-state index in [-0.39, 0.29) is 30.2 Å². The number of benzene rings is 1. The Morgan fingerprint density at radius 1 is 1.50 bits per heavy atom. The molecule has 0 fully saturated rings. The predicted octanol–water partition coefficient (Wildman–Crippen LogP) is 1.96. The highest BCUT2D eigenvalue weighted by molar-refractivity contribution is 5.85. The van der Waals surface area contributed by atoms with Gasteiger partial charge in [-0.2, -0.15) is 0 Å². The minimum atomic E-state index is -0.203. The van der Waals surface area contributed by atoms with Crippen LogP contribution in [0.15, 0.2) is 18.2 Å². The van der Waals surface area contributed by atoms with Gasteiger partial charge in [0.15, 0.2) is 0 Å². The normalized spacial score (nSPS) is 17.6. The smallest absolute Gasteiger partial charge is 0.234 e. The van der Waals surface area contributed by atoms with Crippen LogP contribution in [0.4, 0.5) is 4.39 Å². The number of carbonyl (C=O) groups excluding carboxylic acids is 1. The summed E-state index contributed by atoms with van der Waals surface area (Å²) < 4.78 is 13.1. The molecule has 0 saturated carbocycles. The Hall–Kier alpha value is -1.13. The third kappa shape index (κ3) is 3.43. The van der Waals surface area contributed by atoms with Gasteiger partial charge in [-0.1, -0.05) is 6.07 Å². The summed E-state index contributed by atoms with van der Waals surface area (Å²) in [6.45, 7) is 0.313. The Morgan fingerprint density at radius 2 is 2.28 bits per heavy atom. The first-order valence-electron chi connectivity index (χ1n) is 5.93. The highest BCUT2D eigenvalue weighted by atomic mass is 35.5. The molecule has 0 radical (unpaired) electrons. The van der Waals surface area contributed by atoms with Crippen molar-refractivity contribution >= 4 is 18.3 Å². The Bertz CT molecular complexity index is 425. The molecule has 0 spiro atoms. The summed E-state index contributed by atoms with van der Waals surface area (Å²) in [5, 5.41) is 5.79. The number of carbonyl (C=O) groups is 1. The Kier molecular flexibility index (Phi) is 5.56. The molecule has 1 aliphatic carbocycles. The number of nitrogens with one attached hydrogen (secondary N) is 2. The second-order valence-electron chi connectivity index (χ2n) is 4.39. The van der Waals surface area contributed by atoms with Crippen molar-refractivity contribution < 1.29 is 9.18 Å². The van der Waals surface area contributed by atoms with Crippen molar-refractivity contribution in [1.82, 2.24) is 10.6 Å². The molecule has 2 N–H and O–H groups in total. The summed E-state index contributed by atoms with van der Waals surface area (Å²) in [5.74, 6) is -0.222. The van der Waals surface area contributed by atoms with Gasteiger partial charge in [-0.05, 0) is 49.6 Å². The molecule has 2 rings (SSSR count). The summed E-state index contributed by atoms with van der Waals surface area (Å²) >= 11 is 0. The summed E-state index contributed by atoms with van der Waals surface area (Å²) in [7, 11) is 1.74. The van der Waals surface area contributed by atoms with E-state index in [1.165, 1.54) is 6.07 Å². The van der Waals surface area contributed by atoms with Crippen LogP contribution in [0.3, 0.4) is 0 Å². The van der Waals surface area contributed by atoms with Crippen LogP contribution in [0, 0.1) is 5.82 Å². The zero-order valence-electron chi connectivity index (χ0n) is 10.3. The first-order valence-corrected chi connectivity index (χ1v) is 5.93. The molecule has 1 aromatic carbocycles. The fourth-order valence-corrected chi connectivity index (χ4v) is 2.34. The van der Waals surface area contributed by atoms with E-state index in [0.29, 0.717) is 6.54 Å². The van der Waals surface area contributed by atoms with Crippen molar-refractivity contribution in [3.05, 3.63) is 35.1 Å². The van der Waals surface area contributed by atoms with E-state index in [1.807, 2.05) is 0 Å². The minimum absolute atomic E-state index is 0. The summed E-state index contributed by atoms with van der Waals surface area (Å²) in [6.07, 6.45) is 2.81. The quantitative estimate of drug-likeness (QED) is 0.883. The van der Waals surface area contributed by atoms with Crippen LogP contribution in [0.1, 0.15) is 30.0 Å². The lowest BCUT2D eigenvalue weighted by atomic mass is 9.87. The van der Waals surface area contributed by atoms with Crippen molar-refractivity contribution in [3.63, 3.8) is 0 Å². The molecule has 0 heterocycles. The number of likely N-dealkylation sites (N-methyl/N-ethyl adjacent to an activating group) is 1. The van der Waals surface area contributed by atoms with Gasteiger partial charge in [0.05, 0.1) is 12.6 Å². The van der Waals surface area contributed by atoms with Crippen LogP contribution in [-0.2, 0) is 11.2 Å². The van der Waals surface area contributed by atoms with E-state index in [4.69, 9.17) is 0 Å². The molecule has 0 aliphatic heterocycles. The predicted molar refractivity (Wildman–Crippen MR) is 71.4 cm³/mol. The van der Waals surface area contributed by atoms with Crippen molar-refractivity contribution in [2.24, 2.45) is 0 Å². The third-order valence-corrected chi connectivity index (χ3v) is 3.09. The number of aryl methyl sites for hydroxylation is 1. The first kappa shape index (κ1) is 14.9. The van der Waals surface area contributed by atoms with Crippen LogP contribution in [0.5, 0.6) is 0 Å². The van der Waals surface area contributed by atoms with E-state index >= 15 is 0 Å². The van der Waals surface area contributed by atoms with Gasteiger partial charge in [-0.25, -0.2) is 4.39 Å². The lowest BCUT2D eigenvalue weighted by Crippen LogP contribution is -2.36. The van der Waals surface area contributed by atoms with Crippen LogP contribution in [0.2, 0.25) is 0 Å². The van der Waals surface area contributed by atoms with E-state index < -0.39 is 0 Å². The number of halogens is 2. The third-order valence-electron chi connectivity index (χ3n) is 3.09. The van der Waals surface area contributed by atoms with Crippen LogP contribution in [-0.4, -0.2) is 19.5 Å². The SMILES string of the molecule is CNCC(=O)NC1CCCc2cc(F)ccc21.Cl. The maximum absolute atomic E-state index is 13.1. The van der Waals surface area contributed by atoms with Gasteiger partial charge in [0, 0.05) is 0 Å². The van der Waals surface area contributed by atoms with E-state index in [0.717, 1.165) is 30.4 Å². The van der Waals surface area contributed by atoms with Crippen molar-refractivity contribution in [2.75, 3.05) is 13.6 Å². The number of amides is 1. The number of rotatable bonds is 3. The fourth-order valence-electron chi connectivity index (χ4n) is 2.34. The summed E-state index contributed by atoms with van der Waals surface area (Å²) in [5.41, 5.74) is 2.08. The van der Waals surface area contributed by atoms with Crippen molar-refractivity contribution in [2.45, 2.75) is 25.3 Å². The molecular weight excluding hydrogens is 255 g/mol. The van der Waals surface area contributed by atoms with Crippen LogP contribution >= 0.6 is 12.4 Å². The second kappa shape index (κ2) is 6.71. The highest BCUT2D eigenvalue weighted by Crippen LogP contribution is 2.29. The van der Waals surface area contributed by atoms with Crippen LogP contribution < -0.4 is 10.6 Å². The molecule has 1 amide bonds. The Labute approximate surface area is 113 Å². The Morgan fingerprint density at radius 3 is 3.00 bits per heavy atom. The molecule has 1 atom stereocenters. The maximum atomic E-state index is 13.1. The van der Waals surface area contributed by atoms with E-state index in [9.17, 15) is 9.18 Å². The molecule has 5 heteroatoms. The topological polar surface area (TPSA) is 41.1 Å². The highest BCUT2D eigenvalue weighted by Gasteiger charge is 2.21. The standard InChI is InChI=1S/C13H17FN2O.ClH/c1-15-8-13(17)16-12-4-2-3-9-7-10(14)5-6-11(9)12;/h5-7,12,15H,2-4,8H2,1H3,(H,16,17);1H. The maximum Gasteiger partial charge on any atom is 0.234 e. The van der Waals surface area contributed by atoms with Gasteiger partial charge in [0.1, 0.15) is 5.82 Å². The summed E-state index contributed by atoms with van der Waals surface area (Å²) in [4.78, 5) is 11.5. The average Bonchev–Trinajstić information content (AvgIpc) is 2.29. The molecule has 18 heavy (non-hydrogen) atoms. The first-order chi connectivity index (χ1) is 8.20. The lowest BCUT2D eigenvalue weighted by Gasteiger charge is -2.26. The zero-order chi connectivity index (χ0) is 12.3. The zero-order valence-corrected chi connectivity index (χ0v) is 11.1. The van der Waals surface area contributed by atoms with E-state index in [2.05, 4.69) is 10.6 Å². The van der Waals surface area contributed by atoms with Gasteiger partial charge >= 0.3 is 0 Å². The molecule has 1 aliphatic rings. The molecule has 1 unspecified atom stereocenters. The van der Waals surface area contributed by atoms with Gasteiger partial charge in [-0.15, -0.1) is 12.4 Å². The van der Waals surface area contributed by atoms with Crippen molar-refractivity contribution in [1.29, 1.82) is 0 Å². The summed E-state index contributed by atoms with van der Waals surface area (Å²) in [6, 6.07) is 4.85. The van der Waals surface area contributed by atoms with Crippen molar-refractivity contribution in [3.8, 4) is 0 Å². The minimum Gasteiger partial charge on any atom is -0.348 e. The molecule has 0 saturated heterocycles. The van der Waals surface area contributed by atoms with Crippen LogP contribution in [0.25, 0.3) is 0 Å². The number of hydrogen-bond donors (Lipinski definition) is 2. The van der Waals surface area contributed by atoms with Gasteiger partial charge in [0.25, 0.3) is 0 Å². The fraction of sp³-hybridized carbons (Fsp3) is 0.462. The second-order valence-corrected chi connectivity index (χ2v) is 4.39. The van der Waals surface area contributed by atoms with Gasteiger partial charge in [-0.3, -0.25) is 4.79 Å². The van der Waals surface area contributed by atoms with Gasteiger partial charge in [0.2, 0.25) is 5.91 Å². The molecular formula is C13H18ClFN2O. The molecule has 100 valence electrons. The molecule has 1 aromatic rings. The lowest BCUT2D eigenvalue weighted by molar-refractivity contribution is -0.121. The monoisotopic (exact) mass is 272 g/mol. The number of hydrogen-bond acceptors (Lipinski definition) is 2. The average molecular weight is 273 g/mol.